The highest BCUT2D eigenvalue weighted by Crippen LogP contribution is 2.23. The van der Waals surface area contributed by atoms with E-state index in [-0.39, 0.29) is 5.91 Å². The van der Waals surface area contributed by atoms with Gasteiger partial charge in [0.2, 0.25) is 0 Å². The molecule has 1 aliphatic heterocycles. The standard InChI is InChI=1S/C15H22ClN3O/c1-3-12-7-5-4-6-8-19(12)15(20)11-9-13(16)18-14(10-11)17-2/h9-10,12H,3-8H2,1-2H3,(H,17,18). The van der Waals surface area contributed by atoms with E-state index in [0.717, 1.165) is 25.8 Å². The van der Waals surface area contributed by atoms with Gasteiger partial charge in [-0.3, -0.25) is 4.79 Å². The van der Waals surface area contributed by atoms with E-state index in [1.54, 1.807) is 19.2 Å². The molecule has 1 aromatic heterocycles. The second-order valence-corrected chi connectivity index (χ2v) is 5.61. The van der Waals surface area contributed by atoms with E-state index in [1.807, 2.05) is 4.90 Å². The Kier molecular flexibility index (Phi) is 5.24. The summed E-state index contributed by atoms with van der Waals surface area (Å²) >= 11 is 5.99. The van der Waals surface area contributed by atoms with Gasteiger partial charge in [-0.25, -0.2) is 4.98 Å². The zero-order valence-electron chi connectivity index (χ0n) is 12.2. The number of hydrogen-bond donors (Lipinski definition) is 1. The minimum absolute atomic E-state index is 0.0690. The third kappa shape index (κ3) is 3.42. The van der Waals surface area contributed by atoms with Gasteiger partial charge < -0.3 is 10.2 Å². The second-order valence-electron chi connectivity index (χ2n) is 5.22. The van der Waals surface area contributed by atoms with Gasteiger partial charge in [-0.05, 0) is 31.4 Å². The molecule has 1 fully saturated rings. The van der Waals surface area contributed by atoms with Crippen LogP contribution in [0.25, 0.3) is 0 Å². The average Bonchev–Trinajstić information content (AvgIpc) is 2.70. The lowest BCUT2D eigenvalue weighted by Gasteiger charge is -2.29. The minimum atomic E-state index is 0.0690. The molecule has 110 valence electrons. The molecule has 5 heteroatoms. The van der Waals surface area contributed by atoms with Crippen LogP contribution in [0, 0.1) is 0 Å². The van der Waals surface area contributed by atoms with E-state index in [4.69, 9.17) is 11.6 Å². The molecule has 1 unspecified atom stereocenters. The van der Waals surface area contributed by atoms with Crippen LogP contribution >= 0.6 is 11.6 Å². The van der Waals surface area contributed by atoms with Crippen molar-refractivity contribution in [3.63, 3.8) is 0 Å². The molecule has 0 radical (unpaired) electrons. The van der Waals surface area contributed by atoms with E-state index >= 15 is 0 Å². The molecule has 0 bridgehead atoms. The predicted molar refractivity (Wildman–Crippen MR) is 82.4 cm³/mol. The number of halogens is 1. The fourth-order valence-electron chi connectivity index (χ4n) is 2.78. The van der Waals surface area contributed by atoms with Crippen LogP contribution in [-0.4, -0.2) is 35.4 Å². The molecule has 2 heterocycles. The first-order chi connectivity index (χ1) is 9.65. The minimum Gasteiger partial charge on any atom is -0.373 e. The lowest BCUT2D eigenvalue weighted by Crippen LogP contribution is -2.39. The van der Waals surface area contributed by atoms with Crippen molar-refractivity contribution in [3.05, 3.63) is 22.8 Å². The van der Waals surface area contributed by atoms with Gasteiger partial charge in [0.05, 0.1) is 0 Å². The fraction of sp³-hybridized carbons (Fsp3) is 0.600. The summed E-state index contributed by atoms with van der Waals surface area (Å²) in [7, 11) is 1.77. The number of pyridine rings is 1. The van der Waals surface area contributed by atoms with Crippen molar-refractivity contribution in [1.82, 2.24) is 9.88 Å². The normalized spacial score (nSPS) is 19.6. The fourth-order valence-corrected chi connectivity index (χ4v) is 2.99. The Labute approximate surface area is 125 Å². The first-order valence-corrected chi connectivity index (χ1v) is 7.69. The summed E-state index contributed by atoms with van der Waals surface area (Å²) in [5.74, 6) is 0.697. The molecule has 1 aromatic rings. The molecule has 4 nitrogen and oxygen atoms in total. The lowest BCUT2D eigenvalue weighted by atomic mass is 10.1. The number of hydrogen-bond acceptors (Lipinski definition) is 3. The molecular formula is C15H22ClN3O. The quantitative estimate of drug-likeness (QED) is 0.867. The summed E-state index contributed by atoms with van der Waals surface area (Å²) in [4.78, 5) is 18.9. The third-order valence-corrected chi connectivity index (χ3v) is 4.10. The maximum absolute atomic E-state index is 12.8. The van der Waals surface area contributed by atoms with Gasteiger partial charge in [-0.15, -0.1) is 0 Å². The Morgan fingerprint density at radius 1 is 1.45 bits per heavy atom. The Morgan fingerprint density at radius 3 is 2.95 bits per heavy atom. The Bertz CT molecular complexity index is 478. The van der Waals surface area contributed by atoms with Crippen LogP contribution in [0.3, 0.4) is 0 Å². The molecule has 20 heavy (non-hydrogen) atoms. The van der Waals surface area contributed by atoms with Crippen molar-refractivity contribution in [1.29, 1.82) is 0 Å². The summed E-state index contributed by atoms with van der Waals surface area (Å²) < 4.78 is 0. The van der Waals surface area contributed by atoms with Crippen molar-refractivity contribution in [3.8, 4) is 0 Å². The van der Waals surface area contributed by atoms with E-state index in [0.29, 0.717) is 22.6 Å². The van der Waals surface area contributed by atoms with Crippen LogP contribution in [0.2, 0.25) is 5.15 Å². The van der Waals surface area contributed by atoms with Crippen molar-refractivity contribution in [2.24, 2.45) is 0 Å². The van der Waals surface area contributed by atoms with Gasteiger partial charge in [-0.2, -0.15) is 0 Å². The molecule has 1 amide bonds. The lowest BCUT2D eigenvalue weighted by molar-refractivity contribution is 0.0678. The molecule has 0 saturated carbocycles. The Balaban J connectivity index is 2.26. The summed E-state index contributed by atoms with van der Waals surface area (Å²) in [6.45, 7) is 2.99. The smallest absolute Gasteiger partial charge is 0.254 e. The van der Waals surface area contributed by atoms with Crippen LogP contribution in [0.5, 0.6) is 0 Å². The van der Waals surface area contributed by atoms with E-state index in [2.05, 4.69) is 17.2 Å². The van der Waals surface area contributed by atoms with E-state index in [1.165, 1.54) is 12.8 Å². The molecule has 1 aliphatic rings. The number of amides is 1. The van der Waals surface area contributed by atoms with E-state index < -0.39 is 0 Å². The maximum Gasteiger partial charge on any atom is 0.254 e. The zero-order chi connectivity index (χ0) is 14.5. The summed E-state index contributed by atoms with van der Waals surface area (Å²) in [5, 5.41) is 3.29. The first-order valence-electron chi connectivity index (χ1n) is 7.32. The third-order valence-electron chi connectivity index (χ3n) is 3.91. The summed E-state index contributed by atoms with van der Waals surface area (Å²) in [6, 6.07) is 3.77. The van der Waals surface area contributed by atoms with Gasteiger partial charge in [0.1, 0.15) is 11.0 Å². The highest BCUT2D eigenvalue weighted by atomic mass is 35.5. The topological polar surface area (TPSA) is 45.2 Å². The molecule has 2 rings (SSSR count). The summed E-state index contributed by atoms with van der Waals surface area (Å²) in [5.41, 5.74) is 0.620. The SMILES string of the molecule is CCC1CCCCCN1C(=O)c1cc(Cl)nc(NC)c1. The number of carbonyl (C=O) groups is 1. The van der Waals surface area contributed by atoms with Crippen molar-refractivity contribution < 1.29 is 4.79 Å². The highest BCUT2D eigenvalue weighted by molar-refractivity contribution is 6.29. The van der Waals surface area contributed by atoms with Crippen molar-refractivity contribution in [2.45, 2.75) is 45.1 Å². The van der Waals surface area contributed by atoms with Gasteiger partial charge in [-0.1, -0.05) is 31.4 Å². The van der Waals surface area contributed by atoms with Crippen LogP contribution in [0.15, 0.2) is 12.1 Å². The van der Waals surface area contributed by atoms with Gasteiger partial charge in [0, 0.05) is 25.2 Å². The van der Waals surface area contributed by atoms with Gasteiger partial charge in [0.15, 0.2) is 0 Å². The number of anilines is 1. The Hall–Kier alpha value is -1.29. The monoisotopic (exact) mass is 295 g/mol. The predicted octanol–water partition coefficient (Wildman–Crippen LogP) is 3.57. The van der Waals surface area contributed by atoms with Crippen LogP contribution in [0.1, 0.15) is 49.4 Å². The van der Waals surface area contributed by atoms with Crippen LogP contribution in [0.4, 0.5) is 5.82 Å². The van der Waals surface area contributed by atoms with Crippen molar-refractivity contribution in [2.75, 3.05) is 18.9 Å². The van der Waals surface area contributed by atoms with Crippen LogP contribution < -0.4 is 5.32 Å². The van der Waals surface area contributed by atoms with E-state index in [9.17, 15) is 4.79 Å². The van der Waals surface area contributed by atoms with Crippen LogP contribution in [-0.2, 0) is 0 Å². The number of nitrogens with zero attached hydrogens (tertiary/aromatic N) is 2. The molecule has 1 atom stereocenters. The van der Waals surface area contributed by atoms with Gasteiger partial charge >= 0.3 is 0 Å². The number of carbonyl (C=O) groups excluding carboxylic acids is 1. The van der Waals surface area contributed by atoms with Crippen molar-refractivity contribution >= 4 is 23.3 Å². The molecular weight excluding hydrogens is 274 g/mol. The molecule has 0 aliphatic carbocycles. The molecule has 1 saturated heterocycles. The Morgan fingerprint density at radius 2 is 2.25 bits per heavy atom. The number of rotatable bonds is 3. The first kappa shape index (κ1) is 15.1. The molecule has 0 aromatic carbocycles. The average molecular weight is 296 g/mol. The number of aromatic nitrogens is 1. The largest absolute Gasteiger partial charge is 0.373 e. The second kappa shape index (κ2) is 6.93. The maximum atomic E-state index is 12.8. The molecule has 1 N–H and O–H groups in total. The number of nitrogens with one attached hydrogen (secondary N) is 1. The highest BCUT2D eigenvalue weighted by Gasteiger charge is 2.25. The number of likely N-dealkylation sites (tertiary alicyclic amines) is 1. The summed E-state index contributed by atoms with van der Waals surface area (Å²) in [6.07, 6.45) is 5.60. The van der Waals surface area contributed by atoms with Gasteiger partial charge in [0.25, 0.3) is 5.91 Å². The zero-order valence-corrected chi connectivity index (χ0v) is 12.9. The molecule has 0 spiro atoms.